The molecule has 0 bridgehead atoms. The van der Waals surface area contributed by atoms with E-state index >= 15 is 0 Å². The summed E-state index contributed by atoms with van der Waals surface area (Å²) >= 11 is 7.01. The molecule has 2 amide bonds. The number of halogens is 1. The largest absolute Gasteiger partial charge is 0.377 e. The van der Waals surface area contributed by atoms with Crippen molar-refractivity contribution in [3.63, 3.8) is 0 Å². The number of nitrogens with zero attached hydrogens (tertiary/aromatic N) is 2. The Morgan fingerprint density at radius 1 is 1.32 bits per heavy atom. The van der Waals surface area contributed by atoms with Crippen molar-refractivity contribution in [2.75, 3.05) is 17.7 Å². The number of anilines is 2. The molecule has 8 heteroatoms. The number of hydrogen-bond acceptors (Lipinski definition) is 5. The van der Waals surface area contributed by atoms with E-state index in [9.17, 15) is 4.79 Å². The van der Waals surface area contributed by atoms with Crippen molar-refractivity contribution in [3.05, 3.63) is 34.3 Å². The summed E-state index contributed by atoms with van der Waals surface area (Å²) < 4.78 is 4.92. The second-order valence-corrected chi connectivity index (χ2v) is 5.02. The summed E-state index contributed by atoms with van der Waals surface area (Å²) in [7, 11) is 1.57. The predicted octanol–water partition coefficient (Wildman–Crippen LogP) is 2.98. The Morgan fingerprint density at radius 2 is 2.05 bits per heavy atom. The van der Waals surface area contributed by atoms with Gasteiger partial charge in [0.15, 0.2) is 0 Å². The van der Waals surface area contributed by atoms with Crippen molar-refractivity contribution in [1.82, 2.24) is 10.2 Å². The Balaban J connectivity index is 1.91. The van der Waals surface area contributed by atoms with Gasteiger partial charge >= 0.3 is 6.03 Å². The van der Waals surface area contributed by atoms with Crippen molar-refractivity contribution in [3.8, 4) is 0 Å². The highest BCUT2D eigenvalue weighted by atomic mass is 35.5. The van der Waals surface area contributed by atoms with E-state index in [-0.39, 0.29) is 6.03 Å². The predicted molar refractivity (Wildman–Crippen MR) is 74.7 cm³/mol. The molecule has 0 unspecified atom stereocenters. The van der Waals surface area contributed by atoms with Gasteiger partial charge in [-0.05, 0) is 24.3 Å². The van der Waals surface area contributed by atoms with Gasteiger partial charge in [0.05, 0.1) is 0 Å². The summed E-state index contributed by atoms with van der Waals surface area (Å²) in [6.07, 6.45) is 0. The zero-order chi connectivity index (χ0) is 13.7. The fraction of sp³-hybridized carbons (Fsp3) is 0.182. The zero-order valence-electron chi connectivity index (χ0n) is 10.0. The number of methoxy groups -OCH3 is 1. The first-order valence-electron chi connectivity index (χ1n) is 5.32. The molecule has 0 saturated carbocycles. The van der Waals surface area contributed by atoms with Crippen molar-refractivity contribution in [2.24, 2.45) is 0 Å². The lowest BCUT2D eigenvalue weighted by Gasteiger charge is -2.04. The molecule has 0 atom stereocenters. The number of nitrogens with one attached hydrogen (secondary N) is 2. The molecular formula is C11H11ClN4O2S. The minimum atomic E-state index is -0.387. The number of amides is 2. The lowest BCUT2D eigenvalue weighted by molar-refractivity contribution is 0.184. The Bertz CT molecular complexity index is 558. The highest BCUT2D eigenvalue weighted by Crippen LogP contribution is 2.17. The monoisotopic (exact) mass is 298 g/mol. The maximum atomic E-state index is 11.7. The summed E-state index contributed by atoms with van der Waals surface area (Å²) in [4.78, 5) is 11.7. The number of urea groups is 1. The number of carbonyl (C=O) groups excluding carboxylic acids is 1. The van der Waals surface area contributed by atoms with Gasteiger partial charge in [-0.3, -0.25) is 5.32 Å². The summed E-state index contributed by atoms with van der Waals surface area (Å²) in [5.74, 6) is 0. The third-order valence-corrected chi connectivity index (χ3v) is 3.12. The number of benzene rings is 1. The van der Waals surface area contributed by atoms with Crippen LogP contribution in [0.4, 0.5) is 15.6 Å². The molecule has 0 spiro atoms. The molecule has 6 nitrogen and oxygen atoms in total. The highest BCUT2D eigenvalue weighted by Gasteiger charge is 2.08. The molecule has 2 aromatic rings. The molecule has 0 aliphatic carbocycles. The van der Waals surface area contributed by atoms with Crippen LogP contribution in [0.2, 0.25) is 5.02 Å². The smallest absolute Gasteiger partial charge is 0.325 e. The van der Waals surface area contributed by atoms with Crippen LogP contribution in [0.3, 0.4) is 0 Å². The summed E-state index contributed by atoms with van der Waals surface area (Å²) in [6, 6.07) is 6.41. The standard InChI is InChI=1S/C11H11ClN4O2S/c1-18-6-9-15-16-11(19-9)14-10(17)13-8-4-2-7(12)3-5-8/h2-5H,6H2,1H3,(H2,13,14,16,17). The molecule has 0 aliphatic rings. The van der Waals surface area contributed by atoms with E-state index in [2.05, 4.69) is 20.8 Å². The van der Waals surface area contributed by atoms with Crippen LogP contribution in [0.5, 0.6) is 0 Å². The Labute approximate surface area is 118 Å². The van der Waals surface area contributed by atoms with Crippen LogP contribution in [0.25, 0.3) is 0 Å². The van der Waals surface area contributed by atoms with Crippen molar-refractivity contribution in [1.29, 1.82) is 0 Å². The molecule has 2 rings (SSSR count). The summed E-state index contributed by atoms with van der Waals surface area (Å²) in [5, 5.41) is 14.7. The molecule has 0 radical (unpaired) electrons. The van der Waals surface area contributed by atoms with Crippen LogP contribution in [0, 0.1) is 0 Å². The lowest BCUT2D eigenvalue weighted by Crippen LogP contribution is -2.19. The molecule has 0 aliphatic heterocycles. The number of ether oxygens (including phenoxy) is 1. The van der Waals surface area contributed by atoms with Gasteiger partial charge in [0.1, 0.15) is 11.6 Å². The van der Waals surface area contributed by atoms with Crippen LogP contribution >= 0.6 is 22.9 Å². The molecule has 2 N–H and O–H groups in total. The Kier molecular flexibility index (Phi) is 4.67. The van der Waals surface area contributed by atoms with Gasteiger partial charge in [0.25, 0.3) is 0 Å². The first kappa shape index (κ1) is 13.7. The van der Waals surface area contributed by atoms with E-state index in [0.717, 1.165) is 0 Å². The molecule has 19 heavy (non-hydrogen) atoms. The molecule has 1 aromatic carbocycles. The number of aromatic nitrogens is 2. The second-order valence-electron chi connectivity index (χ2n) is 3.52. The van der Waals surface area contributed by atoms with Gasteiger partial charge < -0.3 is 10.1 Å². The summed E-state index contributed by atoms with van der Waals surface area (Å²) in [6.45, 7) is 0.373. The number of hydrogen-bond donors (Lipinski definition) is 2. The topological polar surface area (TPSA) is 76.1 Å². The van der Waals surface area contributed by atoms with Gasteiger partial charge in [-0.25, -0.2) is 4.79 Å². The third-order valence-electron chi connectivity index (χ3n) is 2.06. The van der Waals surface area contributed by atoms with Crippen molar-refractivity contribution < 1.29 is 9.53 Å². The average Bonchev–Trinajstić information content (AvgIpc) is 2.80. The minimum Gasteiger partial charge on any atom is -0.377 e. The van der Waals surface area contributed by atoms with Crippen LogP contribution in [0.15, 0.2) is 24.3 Å². The van der Waals surface area contributed by atoms with E-state index < -0.39 is 0 Å². The highest BCUT2D eigenvalue weighted by molar-refractivity contribution is 7.15. The molecule has 0 saturated heterocycles. The van der Waals surface area contributed by atoms with Gasteiger partial charge in [-0.2, -0.15) is 0 Å². The first-order chi connectivity index (χ1) is 9.17. The van der Waals surface area contributed by atoms with E-state index in [4.69, 9.17) is 16.3 Å². The zero-order valence-corrected chi connectivity index (χ0v) is 11.6. The van der Waals surface area contributed by atoms with Gasteiger partial charge in [-0.15, -0.1) is 10.2 Å². The SMILES string of the molecule is COCc1nnc(NC(=O)Nc2ccc(Cl)cc2)s1. The maximum absolute atomic E-state index is 11.7. The van der Waals surface area contributed by atoms with E-state index in [1.54, 1.807) is 31.4 Å². The summed E-state index contributed by atoms with van der Waals surface area (Å²) in [5.41, 5.74) is 0.642. The Morgan fingerprint density at radius 3 is 2.74 bits per heavy atom. The fourth-order valence-corrected chi connectivity index (χ4v) is 2.11. The Hall–Kier alpha value is -1.70. The van der Waals surface area contributed by atoms with Gasteiger partial charge in [0.2, 0.25) is 5.13 Å². The fourth-order valence-electron chi connectivity index (χ4n) is 1.28. The van der Waals surface area contributed by atoms with Crippen LogP contribution in [-0.4, -0.2) is 23.3 Å². The number of rotatable bonds is 4. The number of carbonyl (C=O) groups is 1. The van der Waals surface area contributed by atoms with E-state index in [1.807, 2.05) is 0 Å². The first-order valence-corrected chi connectivity index (χ1v) is 6.51. The van der Waals surface area contributed by atoms with Crippen LogP contribution in [0.1, 0.15) is 5.01 Å². The normalized spacial score (nSPS) is 10.2. The minimum absolute atomic E-state index is 0.373. The van der Waals surface area contributed by atoms with Gasteiger partial charge in [-0.1, -0.05) is 22.9 Å². The average molecular weight is 299 g/mol. The van der Waals surface area contributed by atoms with E-state index in [0.29, 0.717) is 27.5 Å². The molecule has 1 heterocycles. The van der Waals surface area contributed by atoms with Crippen molar-refractivity contribution >= 4 is 39.8 Å². The molecular weight excluding hydrogens is 288 g/mol. The van der Waals surface area contributed by atoms with Crippen LogP contribution < -0.4 is 10.6 Å². The second kappa shape index (κ2) is 6.46. The van der Waals surface area contributed by atoms with E-state index in [1.165, 1.54) is 11.3 Å². The molecule has 1 aromatic heterocycles. The molecule has 0 fully saturated rings. The lowest BCUT2D eigenvalue weighted by atomic mass is 10.3. The quantitative estimate of drug-likeness (QED) is 0.910. The third kappa shape index (κ3) is 4.16. The maximum Gasteiger partial charge on any atom is 0.325 e. The van der Waals surface area contributed by atoms with Crippen LogP contribution in [-0.2, 0) is 11.3 Å². The van der Waals surface area contributed by atoms with Crippen molar-refractivity contribution in [2.45, 2.75) is 6.61 Å². The molecule has 100 valence electrons. The van der Waals surface area contributed by atoms with Gasteiger partial charge in [0, 0.05) is 17.8 Å².